The first-order valence-electron chi connectivity index (χ1n) is 6.95. The predicted octanol–water partition coefficient (Wildman–Crippen LogP) is 3.10. The van der Waals surface area contributed by atoms with Gasteiger partial charge in [-0.15, -0.1) is 0 Å². The van der Waals surface area contributed by atoms with Crippen LogP contribution in [0.15, 0.2) is 47.4 Å². The van der Waals surface area contributed by atoms with Crippen molar-refractivity contribution >= 4 is 21.6 Å². The zero-order chi connectivity index (χ0) is 15.7. The fourth-order valence-electron chi connectivity index (χ4n) is 2.43. The van der Waals surface area contributed by atoms with Crippen LogP contribution in [-0.4, -0.2) is 21.6 Å². The fraction of sp³-hybridized carbons (Fsp3) is 0.250. The molecule has 1 aliphatic rings. The molecule has 1 aliphatic heterocycles. The highest BCUT2D eigenvalue weighted by molar-refractivity contribution is 7.89. The van der Waals surface area contributed by atoms with E-state index in [9.17, 15) is 8.42 Å². The molecule has 0 aliphatic carbocycles. The Morgan fingerprint density at radius 1 is 1.27 bits per heavy atom. The van der Waals surface area contributed by atoms with Crippen molar-refractivity contribution in [2.24, 2.45) is 0 Å². The van der Waals surface area contributed by atoms with Gasteiger partial charge in [-0.1, -0.05) is 35.9 Å². The first kappa shape index (κ1) is 15.3. The van der Waals surface area contributed by atoms with E-state index in [4.69, 9.17) is 16.3 Å². The number of rotatable bonds is 4. The molecule has 0 aromatic heterocycles. The van der Waals surface area contributed by atoms with Crippen molar-refractivity contribution in [2.45, 2.75) is 17.7 Å². The first-order chi connectivity index (χ1) is 10.5. The molecule has 0 radical (unpaired) electrons. The molecule has 0 amide bonds. The van der Waals surface area contributed by atoms with Gasteiger partial charge < -0.3 is 4.74 Å². The van der Waals surface area contributed by atoms with Crippen molar-refractivity contribution < 1.29 is 13.2 Å². The Hall–Kier alpha value is -1.56. The van der Waals surface area contributed by atoms with Crippen LogP contribution in [0.25, 0.3) is 0 Å². The number of benzene rings is 2. The van der Waals surface area contributed by atoms with Gasteiger partial charge in [-0.3, -0.25) is 0 Å². The average molecular weight is 338 g/mol. The topological polar surface area (TPSA) is 55.4 Å². The molecule has 0 spiro atoms. The van der Waals surface area contributed by atoms with E-state index in [0.717, 1.165) is 16.9 Å². The second-order valence-corrected chi connectivity index (χ2v) is 7.48. The standard InChI is InChI=1S/C16H16ClNO3S/c1-11-6-7-13(8-15(11)17)22(19,20)18-9-12-10-21-16-5-3-2-4-14(12)16/h2-8,12,18H,9-10H2,1H3. The van der Waals surface area contributed by atoms with Crippen molar-refractivity contribution in [1.29, 1.82) is 0 Å². The van der Waals surface area contributed by atoms with Gasteiger partial charge in [-0.2, -0.15) is 0 Å². The largest absolute Gasteiger partial charge is 0.493 e. The molecular formula is C16H16ClNO3S. The Bertz CT molecular complexity index is 805. The van der Waals surface area contributed by atoms with Crippen LogP contribution in [0.4, 0.5) is 0 Å². The third kappa shape index (κ3) is 2.97. The molecule has 1 N–H and O–H groups in total. The Kier molecular flexibility index (Phi) is 4.12. The molecule has 1 atom stereocenters. The van der Waals surface area contributed by atoms with E-state index in [1.165, 1.54) is 6.07 Å². The van der Waals surface area contributed by atoms with Crippen LogP contribution in [0, 0.1) is 6.92 Å². The van der Waals surface area contributed by atoms with E-state index in [0.29, 0.717) is 18.2 Å². The number of fused-ring (bicyclic) bond motifs is 1. The molecule has 0 bridgehead atoms. The number of para-hydroxylation sites is 1. The maximum atomic E-state index is 12.4. The predicted molar refractivity (Wildman–Crippen MR) is 86.1 cm³/mol. The molecule has 22 heavy (non-hydrogen) atoms. The molecule has 0 saturated heterocycles. The summed E-state index contributed by atoms with van der Waals surface area (Å²) in [5.74, 6) is 0.844. The van der Waals surface area contributed by atoms with E-state index in [1.807, 2.05) is 31.2 Å². The van der Waals surface area contributed by atoms with Crippen LogP contribution in [0.5, 0.6) is 5.75 Å². The second kappa shape index (κ2) is 5.91. The van der Waals surface area contributed by atoms with Crippen LogP contribution < -0.4 is 9.46 Å². The summed E-state index contributed by atoms with van der Waals surface area (Å²) in [6, 6.07) is 12.4. The Labute approximate surface area is 135 Å². The SMILES string of the molecule is Cc1ccc(S(=O)(=O)NCC2COc3ccccc32)cc1Cl. The van der Waals surface area contributed by atoms with Crippen LogP contribution in [-0.2, 0) is 10.0 Å². The van der Waals surface area contributed by atoms with Crippen LogP contribution in [0.1, 0.15) is 17.0 Å². The third-order valence-electron chi connectivity index (χ3n) is 3.77. The molecule has 1 heterocycles. The van der Waals surface area contributed by atoms with E-state index in [1.54, 1.807) is 12.1 Å². The number of hydrogen-bond acceptors (Lipinski definition) is 3. The van der Waals surface area contributed by atoms with Crippen LogP contribution in [0.2, 0.25) is 5.02 Å². The van der Waals surface area contributed by atoms with E-state index >= 15 is 0 Å². The number of hydrogen-bond donors (Lipinski definition) is 1. The average Bonchev–Trinajstić information content (AvgIpc) is 2.91. The first-order valence-corrected chi connectivity index (χ1v) is 8.81. The lowest BCUT2D eigenvalue weighted by atomic mass is 10.0. The van der Waals surface area contributed by atoms with Gasteiger partial charge in [0.2, 0.25) is 10.0 Å². The van der Waals surface area contributed by atoms with E-state index in [2.05, 4.69) is 4.72 Å². The number of ether oxygens (including phenoxy) is 1. The molecule has 3 rings (SSSR count). The molecule has 6 heteroatoms. The van der Waals surface area contributed by atoms with Gasteiger partial charge in [0.25, 0.3) is 0 Å². The van der Waals surface area contributed by atoms with Crippen molar-refractivity contribution in [3.05, 3.63) is 58.6 Å². The molecule has 2 aromatic carbocycles. The van der Waals surface area contributed by atoms with Gasteiger partial charge in [-0.25, -0.2) is 13.1 Å². The zero-order valence-corrected chi connectivity index (χ0v) is 13.6. The Morgan fingerprint density at radius 3 is 2.82 bits per heavy atom. The van der Waals surface area contributed by atoms with Gasteiger partial charge >= 0.3 is 0 Å². The second-order valence-electron chi connectivity index (χ2n) is 5.31. The minimum atomic E-state index is -3.58. The quantitative estimate of drug-likeness (QED) is 0.932. The molecule has 1 unspecified atom stereocenters. The number of sulfonamides is 1. The Balaban J connectivity index is 1.75. The van der Waals surface area contributed by atoms with Crippen molar-refractivity contribution in [3.63, 3.8) is 0 Å². The molecule has 2 aromatic rings. The van der Waals surface area contributed by atoms with E-state index in [-0.39, 0.29) is 10.8 Å². The number of nitrogens with one attached hydrogen (secondary N) is 1. The van der Waals surface area contributed by atoms with Gasteiger partial charge in [0.05, 0.1) is 11.5 Å². The summed E-state index contributed by atoms with van der Waals surface area (Å²) in [5.41, 5.74) is 1.88. The maximum Gasteiger partial charge on any atom is 0.240 e. The lowest BCUT2D eigenvalue weighted by molar-refractivity contribution is 0.330. The summed E-state index contributed by atoms with van der Waals surface area (Å²) in [7, 11) is -3.58. The van der Waals surface area contributed by atoms with Gasteiger partial charge in [-0.05, 0) is 30.7 Å². The lowest BCUT2D eigenvalue weighted by Crippen LogP contribution is -2.29. The highest BCUT2D eigenvalue weighted by atomic mass is 35.5. The maximum absolute atomic E-state index is 12.4. The molecule has 4 nitrogen and oxygen atoms in total. The van der Waals surface area contributed by atoms with Gasteiger partial charge in [0.15, 0.2) is 0 Å². The molecular weight excluding hydrogens is 322 g/mol. The van der Waals surface area contributed by atoms with Crippen LogP contribution >= 0.6 is 11.6 Å². The minimum Gasteiger partial charge on any atom is -0.493 e. The van der Waals surface area contributed by atoms with Crippen LogP contribution in [0.3, 0.4) is 0 Å². The van der Waals surface area contributed by atoms with Crippen molar-refractivity contribution in [1.82, 2.24) is 4.72 Å². The summed E-state index contributed by atoms with van der Waals surface area (Å²) < 4.78 is 32.9. The molecule has 0 fully saturated rings. The smallest absolute Gasteiger partial charge is 0.240 e. The summed E-state index contributed by atoms with van der Waals surface area (Å²) in [4.78, 5) is 0.176. The third-order valence-corrected chi connectivity index (χ3v) is 5.60. The van der Waals surface area contributed by atoms with Crippen molar-refractivity contribution in [3.8, 4) is 5.75 Å². The highest BCUT2D eigenvalue weighted by Crippen LogP contribution is 2.33. The minimum absolute atomic E-state index is 0.0203. The molecule has 116 valence electrons. The van der Waals surface area contributed by atoms with E-state index < -0.39 is 10.0 Å². The zero-order valence-electron chi connectivity index (χ0n) is 12.0. The van der Waals surface area contributed by atoms with Gasteiger partial charge in [0.1, 0.15) is 5.75 Å². The van der Waals surface area contributed by atoms with Crippen molar-refractivity contribution in [2.75, 3.05) is 13.2 Å². The summed E-state index contributed by atoms with van der Waals surface area (Å²) in [6.07, 6.45) is 0. The summed E-state index contributed by atoms with van der Waals surface area (Å²) in [6.45, 7) is 2.61. The Morgan fingerprint density at radius 2 is 2.05 bits per heavy atom. The lowest BCUT2D eigenvalue weighted by Gasteiger charge is -2.12. The van der Waals surface area contributed by atoms with Gasteiger partial charge in [0, 0.05) is 23.0 Å². The summed E-state index contributed by atoms with van der Waals surface area (Å²) >= 11 is 6.00. The highest BCUT2D eigenvalue weighted by Gasteiger charge is 2.25. The summed E-state index contributed by atoms with van der Waals surface area (Å²) in [5, 5.41) is 0.442. The fourth-order valence-corrected chi connectivity index (χ4v) is 3.79. The monoisotopic (exact) mass is 337 g/mol. The normalized spacial score (nSPS) is 17.1. The number of aryl methyl sites for hydroxylation is 1. The molecule has 0 saturated carbocycles. The number of halogens is 1.